The molecule has 0 amide bonds. The van der Waals surface area contributed by atoms with Crippen molar-refractivity contribution >= 4 is 11.5 Å². The molecule has 0 aliphatic rings. The van der Waals surface area contributed by atoms with E-state index in [1.54, 1.807) is 10.6 Å². The molecule has 1 unspecified atom stereocenters. The Balaban J connectivity index is 1.71. The third-order valence-corrected chi connectivity index (χ3v) is 4.27. The van der Waals surface area contributed by atoms with Crippen LogP contribution in [0.1, 0.15) is 32.2 Å². The minimum absolute atomic E-state index is 0.0892. The lowest BCUT2D eigenvalue weighted by Crippen LogP contribution is -2.22. The molecular formula is C19H23F2N5O. The first-order valence-corrected chi connectivity index (χ1v) is 8.79. The Morgan fingerprint density at radius 1 is 1.11 bits per heavy atom. The van der Waals surface area contributed by atoms with E-state index in [1.807, 2.05) is 26.8 Å². The van der Waals surface area contributed by atoms with Crippen molar-refractivity contribution < 1.29 is 13.9 Å². The summed E-state index contributed by atoms with van der Waals surface area (Å²) in [6.07, 6.45) is 0.419. The fourth-order valence-corrected chi connectivity index (χ4v) is 2.80. The maximum absolute atomic E-state index is 13.4. The Hall–Kier alpha value is -2.61. The van der Waals surface area contributed by atoms with Gasteiger partial charge in [-0.05, 0) is 36.2 Å². The molecule has 0 saturated heterocycles. The van der Waals surface area contributed by atoms with E-state index in [2.05, 4.69) is 20.6 Å². The van der Waals surface area contributed by atoms with Crippen molar-refractivity contribution in [2.45, 2.75) is 32.6 Å². The number of aromatic nitrogens is 4. The van der Waals surface area contributed by atoms with Crippen LogP contribution in [0.4, 0.5) is 14.6 Å². The van der Waals surface area contributed by atoms with E-state index in [0.29, 0.717) is 30.0 Å². The Kier molecular flexibility index (Phi) is 5.36. The minimum Gasteiger partial charge on any atom is -0.396 e. The van der Waals surface area contributed by atoms with Gasteiger partial charge in [0.05, 0.1) is 0 Å². The standard InChI is InChI=1S/C19H23F2N5O/c1-19(2,3)18-24-23-17-7-6-16(25-26(17)18)22-10-13(11-27)8-12-4-5-14(20)15(21)9-12/h4-7,9,13,27H,8,10-11H2,1-3H3,(H,22,25). The molecule has 0 bridgehead atoms. The van der Waals surface area contributed by atoms with E-state index in [-0.39, 0.29) is 17.9 Å². The summed E-state index contributed by atoms with van der Waals surface area (Å²) in [6, 6.07) is 7.40. The Labute approximate surface area is 156 Å². The van der Waals surface area contributed by atoms with Crippen LogP contribution in [0.15, 0.2) is 30.3 Å². The average molecular weight is 375 g/mol. The molecule has 6 nitrogen and oxygen atoms in total. The molecule has 144 valence electrons. The van der Waals surface area contributed by atoms with Gasteiger partial charge in [-0.3, -0.25) is 0 Å². The van der Waals surface area contributed by atoms with Gasteiger partial charge in [-0.2, -0.15) is 4.52 Å². The molecular weight excluding hydrogens is 352 g/mol. The van der Waals surface area contributed by atoms with Crippen molar-refractivity contribution in [3.63, 3.8) is 0 Å². The first kappa shape index (κ1) is 19.2. The van der Waals surface area contributed by atoms with Crippen LogP contribution in [0.3, 0.4) is 0 Å². The molecule has 0 aliphatic heterocycles. The maximum Gasteiger partial charge on any atom is 0.178 e. The van der Waals surface area contributed by atoms with Gasteiger partial charge in [-0.25, -0.2) is 8.78 Å². The molecule has 0 aliphatic carbocycles. The molecule has 2 aromatic heterocycles. The summed E-state index contributed by atoms with van der Waals surface area (Å²) in [6.45, 7) is 6.45. The van der Waals surface area contributed by atoms with Gasteiger partial charge in [0.1, 0.15) is 5.82 Å². The zero-order valence-electron chi connectivity index (χ0n) is 15.6. The number of rotatable bonds is 6. The second-order valence-electron chi connectivity index (χ2n) is 7.64. The van der Waals surface area contributed by atoms with Gasteiger partial charge in [0, 0.05) is 24.5 Å². The van der Waals surface area contributed by atoms with E-state index in [4.69, 9.17) is 0 Å². The first-order chi connectivity index (χ1) is 12.8. The SMILES string of the molecule is CC(C)(C)c1nnc2ccc(NCC(CO)Cc3ccc(F)c(F)c3)nn12. The quantitative estimate of drug-likeness (QED) is 0.693. The summed E-state index contributed by atoms with van der Waals surface area (Å²) >= 11 is 0. The number of fused-ring (bicyclic) bond motifs is 1. The molecule has 1 aromatic carbocycles. The number of nitrogens with one attached hydrogen (secondary N) is 1. The lowest BCUT2D eigenvalue weighted by molar-refractivity contribution is 0.232. The lowest BCUT2D eigenvalue weighted by atomic mass is 9.96. The molecule has 2 N–H and O–H groups in total. The second-order valence-corrected chi connectivity index (χ2v) is 7.64. The summed E-state index contributed by atoms with van der Waals surface area (Å²) in [7, 11) is 0. The van der Waals surface area contributed by atoms with Crippen molar-refractivity contribution in [2.75, 3.05) is 18.5 Å². The molecule has 0 radical (unpaired) electrons. The third-order valence-electron chi connectivity index (χ3n) is 4.27. The molecule has 0 spiro atoms. The number of hydrogen-bond acceptors (Lipinski definition) is 5. The van der Waals surface area contributed by atoms with Crippen molar-refractivity contribution in [2.24, 2.45) is 5.92 Å². The highest BCUT2D eigenvalue weighted by Gasteiger charge is 2.22. The zero-order valence-corrected chi connectivity index (χ0v) is 15.6. The van der Waals surface area contributed by atoms with Crippen LogP contribution in [0.25, 0.3) is 5.65 Å². The van der Waals surface area contributed by atoms with Crippen LogP contribution >= 0.6 is 0 Å². The summed E-state index contributed by atoms with van der Waals surface area (Å²) in [5.41, 5.74) is 1.09. The Morgan fingerprint density at radius 3 is 2.56 bits per heavy atom. The van der Waals surface area contributed by atoms with Crippen LogP contribution in [0, 0.1) is 17.6 Å². The van der Waals surface area contributed by atoms with Gasteiger partial charge in [-0.15, -0.1) is 15.3 Å². The Morgan fingerprint density at radius 2 is 1.89 bits per heavy atom. The number of nitrogens with zero attached hydrogens (tertiary/aromatic N) is 4. The molecule has 0 fully saturated rings. The Bertz CT molecular complexity index is 935. The van der Waals surface area contributed by atoms with E-state index in [0.717, 1.165) is 18.0 Å². The van der Waals surface area contributed by atoms with Gasteiger partial charge >= 0.3 is 0 Å². The maximum atomic E-state index is 13.4. The predicted molar refractivity (Wildman–Crippen MR) is 98.6 cm³/mol. The molecule has 3 aromatic rings. The van der Waals surface area contributed by atoms with Crippen LogP contribution in [-0.4, -0.2) is 38.1 Å². The van der Waals surface area contributed by atoms with Gasteiger partial charge in [0.25, 0.3) is 0 Å². The van der Waals surface area contributed by atoms with E-state index in [1.165, 1.54) is 6.07 Å². The summed E-state index contributed by atoms with van der Waals surface area (Å²) in [4.78, 5) is 0. The molecule has 8 heteroatoms. The van der Waals surface area contributed by atoms with Gasteiger partial charge in [0.15, 0.2) is 23.1 Å². The summed E-state index contributed by atoms with van der Waals surface area (Å²) < 4.78 is 28.1. The average Bonchev–Trinajstić information content (AvgIpc) is 3.05. The second kappa shape index (κ2) is 7.56. The van der Waals surface area contributed by atoms with Crippen LogP contribution in [-0.2, 0) is 11.8 Å². The topological polar surface area (TPSA) is 75.3 Å². The highest BCUT2D eigenvalue weighted by Crippen LogP contribution is 2.21. The van der Waals surface area contributed by atoms with Crippen molar-refractivity contribution in [1.82, 2.24) is 19.8 Å². The van der Waals surface area contributed by atoms with Gasteiger partial charge < -0.3 is 10.4 Å². The molecule has 27 heavy (non-hydrogen) atoms. The molecule has 0 saturated carbocycles. The van der Waals surface area contributed by atoms with E-state index in [9.17, 15) is 13.9 Å². The fourth-order valence-electron chi connectivity index (χ4n) is 2.80. The minimum atomic E-state index is -0.883. The number of benzene rings is 1. The summed E-state index contributed by atoms with van der Waals surface area (Å²) in [5, 5.41) is 25.7. The van der Waals surface area contributed by atoms with E-state index >= 15 is 0 Å². The first-order valence-electron chi connectivity index (χ1n) is 8.79. The number of hydrogen-bond donors (Lipinski definition) is 2. The van der Waals surface area contributed by atoms with Crippen molar-refractivity contribution in [3.8, 4) is 0 Å². The number of aliphatic hydroxyl groups excluding tert-OH is 1. The monoisotopic (exact) mass is 375 g/mol. The number of halogens is 2. The largest absolute Gasteiger partial charge is 0.396 e. The van der Waals surface area contributed by atoms with Crippen molar-refractivity contribution in [1.29, 1.82) is 0 Å². The van der Waals surface area contributed by atoms with Gasteiger partial charge in [-0.1, -0.05) is 26.8 Å². The van der Waals surface area contributed by atoms with Crippen LogP contribution in [0.5, 0.6) is 0 Å². The van der Waals surface area contributed by atoms with Crippen molar-refractivity contribution in [3.05, 3.63) is 53.4 Å². The normalized spacial score (nSPS) is 13.1. The summed E-state index contributed by atoms with van der Waals surface area (Å²) in [5.74, 6) is -0.557. The highest BCUT2D eigenvalue weighted by atomic mass is 19.2. The fraction of sp³-hybridized carbons (Fsp3) is 0.421. The van der Waals surface area contributed by atoms with Crippen LogP contribution in [0.2, 0.25) is 0 Å². The number of aliphatic hydroxyl groups is 1. The molecule has 2 heterocycles. The van der Waals surface area contributed by atoms with Crippen LogP contribution < -0.4 is 5.32 Å². The smallest absolute Gasteiger partial charge is 0.178 e. The zero-order chi connectivity index (χ0) is 19.6. The number of anilines is 1. The van der Waals surface area contributed by atoms with E-state index < -0.39 is 11.6 Å². The predicted octanol–water partition coefficient (Wildman–Crippen LogP) is 2.96. The third kappa shape index (κ3) is 4.39. The molecule has 1 atom stereocenters. The highest BCUT2D eigenvalue weighted by molar-refractivity contribution is 5.44. The lowest BCUT2D eigenvalue weighted by Gasteiger charge is -2.17. The van der Waals surface area contributed by atoms with Gasteiger partial charge in [0.2, 0.25) is 0 Å². The molecule has 3 rings (SSSR count).